The lowest BCUT2D eigenvalue weighted by Crippen LogP contribution is -2.43. The lowest BCUT2D eigenvalue weighted by molar-refractivity contribution is -0.142. The molecule has 43 heavy (non-hydrogen) atoms. The van der Waals surface area contributed by atoms with Crippen LogP contribution in [0.3, 0.4) is 0 Å². The van der Waals surface area contributed by atoms with Crippen LogP contribution in [0.1, 0.15) is 35.4 Å². The number of hydrogen-bond acceptors (Lipinski definition) is 6. The molecule has 0 unspecified atom stereocenters. The van der Waals surface area contributed by atoms with Gasteiger partial charge < -0.3 is 9.84 Å². The summed E-state index contributed by atoms with van der Waals surface area (Å²) < 4.78 is 5.67. The number of phenols is 1. The molecule has 3 fully saturated rings. The molecule has 0 aromatic heterocycles. The molecule has 0 spiro atoms. The number of ether oxygens (including phenoxy) is 1. The van der Waals surface area contributed by atoms with Gasteiger partial charge in [0.2, 0.25) is 23.6 Å². The summed E-state index contributed by atoms with van der Waals surface area (Å²) in [5, 5.41) is 11.2. The standard InChI is InChI=1S/C35H32N2O6/c1-43-27-14-8-13-26(38)31(27)29-22-15-16-23-28(34(41)36(32(23)39)18-20-9-4-2-5-10-20)24(22)17-25-30(29)35(42)37(33(25)40)19-21-11-6-3-7-12-21/h2-15,23-25,28-30,38H,16-19H2,1H3/t23-,24+,25+,28-,29-,30+/m0/s1. The Morgan fingerprint density at radius 3 is 1.88 bits per heavy atom. The van der Waals surface area contributed by atoms with Crippen molar-refractivity contribution in [1.82, 2.24) is 9.80 Å². The van der Waals surface area contributed by atoms with Gasteiger partial charge in [0.05, 0.1) is 43.9 Å². The maximum atomic E-state index is 14.1. The van der Waals surface area contributed by atoms with E-state index in [2.05, 4.69) is 0 Å². The van der Waals surface area contributed by atoms with E-state index in [1.165, 1.54) is 16.9 Å². The summed E-state index contributed by atoms with van der Waals surface area (Å²) in [4.78, 5) is 58.5. The highest BCUT2D eigenvalue weighted by atomic mass is 16.5. The van der Waals surface area contributed by atoms with Crippen LogP contribution in [0.2, 0.25) is 0 Å². The molecular formula is C35H32N2O6. The summed E-state index contributed by atoms with van der Waals surface area (Å²) in [6.07, 6.45) is 2.62. The molecule has 1 saturated carbocycles. The zero-order chi connectivity index (χ0) is 29.8. The first-order valence-corrected chi connectivity index (χ1v) is 14.7. The van der Waals surface area contributed by atoms with Gasteiger partial charge in [0.25, 0.3) is 0 Å². The molecule has 4 amide bonds. The number of carbonyl (C=O) groups excluding carboxylic acids is 4. The smallest absolute Gasteiger partial charge is 0.234 e. The average Bonchev–Trinajstić information content (AvgIpc) is 3.41. The first-order valence-electron chi connectivity index (χ1n) is 14.7. The van der Waals surface area contributed by atoms with Crippen LogP contribution in [0.4, 0.5) is 0 Å². The molecule has 0 radical (unpaired) electrons. The van der Waals surface area contributed by atoms with Gasteiger partial charge in [-0.3, -0.25) is 29.0 Å². The third-order valence-corrected chi connectivity index (χ3v) is 9.77. The van der Waals surface area contributed by atoms with Crippen LogP contribution >= 0.6 is 0 Å². The highest BCUT2D eigenvalue weighted by molar-refractivity contribution is 6.08. The van der Waals surface area contributed by atoms with Crippen molar-refractivity contribution in [2.75, 3.05) is 7.11 Å². The predicted octanol–water partition coefficient (Wildman–Crippen LogP) is 4.44. The summed E-state index contributed by atoms with van der Waals surface area (Å²) >= 11 is 0. The lowest BCUT2D eigenvalue weighted by Gasteiger charge is -2.44. The van der Waals surface area contributed by atoms with E-state index in [0.717, 1.165) is 16.7 Å². The van der Waals surface area contributed by atoms with Crippen molar-refractivity contribution in [1.29, 1.82) is 0 Å². The largest absolute Gasteiger partial charge is 0.508 e. The van der Waals surface area contributed by atoms with Crippen LogP contribution in [0.15, 0.2) is 90.5 Å². The van der Waals surface area contributed by atoms with Gasteiger partial charge >= 0.3 is 0 Å². The summed E-state index contributed by atoms with van der Waals surface area (Å²) in [5.74, 6) is -4.37. The summed E-state index contributed by atoms with van der Waals surface area (Å²) in [5.41, 5.74) is 2.97. The van der Waals surface area contributed by atoms with Gasteiger partial charge in [0.1, 0.15) is 11.5 Å². The van der Waals surface area contributed by atoms with Crippen molar-refractivity contribution in [3.8, 4) is 11.5 Å². The number of benzene rings is 3. The fraction of sp³-hybridized carbons (Fsp3) is 0.314. The Hall–Kier alpha value is -4.72. The Balaban J connectivity index is 1.31. The molecule has 4 aliphatic rings. The summed E-state index contributed by atoms with van der Waals surface area (Å²) in [6.45, 7) is 0.340. The maximum Gasteiger partial charge on any atom is 0.234 e. The highest BCUT2D eigenvalue weighted by Gasteiger charge is 2.62. The molecular weight excluding hydrogens is 544 g/mol. The van der Waals surface area contributed by atoms with Crippen LogP contribution in [0.5, 0.6) is 11.5 Å². The van der Waals surface area contributed by atoms with Crippen molar-refractivity contribution in [2.45, 2.75) is 31.8 Å². The van der Waals surface area contributed by atoms with Crippen LogP contribution < -0.4 is 4.74 Å². The topological polar surface area (TPSA) is 104 Å². The Bertz CT molecular complexity index is 1650. The van der Waals surface area contributed by atoms with Crippen LogP contribution in [0, 0.1) is 29.6 Å². The molecule has 2 saturated heterocycles. The van der Waals surface area contributed by atoms with E-state index in [-0.39, 0.29) is 48.9 Å². The highest BCUT2D eigenvalue weighted by Crippen LogP contribution is 2.60. The molecule has 3 aromatic carbocycles. The van der Waals surface area contributed by atoms with Gasteiger partial charge in [-0.25, -0.2) is 0 Å². The van der Waals surface area contributed by atoms with E-state index in [9.17, 15) is 24.3 Å². The number of amides is 4. The molecule has 6 atom stereocenters. The van der Waals surface area contributed by atoms with E-state index >= 15 is 0 Å². The number of nitrogens with zero attached hydrogens (tertiary/aromatic N) is 2. The van der Waals surface area contributed by atoms with Crippen molar-refractivity contribution < 1.29 is 29.0 Å². The normalized spacial score (nSPS) is 28.0. The molecule has 218 valence electrons. The third-order valence-electron chi connectivity index (χ3n) is 9.77. The fourth-order valence-corrected chi connectivity index (χ4v) is 7.91. The molecule has 7 rings (SSSR count). The van der Waals surface area contributed by atoms with Crippen LogP contribution in [-0.4, -0.2) is 45.6 Å². The van der Waals surface area contributed by atoms with Gasteiger partial charge in [0.15, 0.2) is 0 Å². The second kappa shape index (κ2) is 10.5. The van der Waals surface area contributed by atoms with E-state index < -0.39 is 35.5 Å². The average molecular weight is 577 g/mol. The first kappa shape index (κ1) is 27.1. The number of fused-ring (bicyclic) bond motifs is 4. The van der Waals surface area contributed by atoms with Crippen molar-refractivity contribution >= 4 is 23.6 Å². The van der Waals surface area contributed by atoms with Crippen LogP contribution in [0.25, 0.3) is 0 Å². The zero-order valence-electron chi connectivity index (χ0n) is 23.8. The van der Waals surface area contributed by atoms with Gasteiger partial charge in [-0.15, -0.1) is 0 Å². The second-order valence-electron chi connectivity index (χ2n) is 11.9. The second-order valence-corrected chi connectivity index (χ2v) is 11.9. The van der Waals surface area contributed by atoms with Gasteiger partial charge in [-0.2, -0.15) is 0 Å². The molecule has 8 heteroatoms. The monoisotopic (exact) mass is 576 g/mol. The molecule has 2 aliphatic carbocycles. The van der Waals surface area contributed by atoms with Crippen LogP contribution in [-0.2, 0) is 32.3 Å². The van der Waals surface area contributed by atoms with E-state index in [1.54, 1.807) is 18.2 Å². The third kappa shape index (κ3) is 4.27. The summed E-state index contributed by atoms with van der Waals surface area (Å²) in [7, 11) is 1.51. The predicted molar refractivity (Wildman–Crippen MR) is 156 cm³/mol. The van der Waals surface area contributed by atoms with Gasteiger partial charge in [-0.1, -0.05) is 78.4 Å². The number of hydrogen-bond donors (Lipinski definition) is 1. The number of methoxy groups -OCH3 is 1. The number of rotatable bonds is 6. The minimum absolute atomic E-state index is 0.0342. The zero-order valence-corrected chi connectivity index (χ0v) is 23.8. The number of allylic oxidation sites excluding steroid dienone is 2. The summed E-state index contributed by atoms with van der Waals surface area (Å²) in [6, 6.07) is 23.8. The number of carbonyl (C=O) groups is 4. The van der Waals surface area contributed by atoms with Crippen molar-refractivity contribution in [3.05, 3.63) is 107 Å². The quantitative estimate of drug-likeness (QED) is 0.344. The minimum Gasteiger partial charge on any atom is -0.508 e. The number of aromatic hydroxyl groups is 1. The minimum atomic E-state index is -0.759. The SMILES string of the molecule is COc1cccc(O)c1[C@H]1C2=CC[C@@H]3C(=O)N(Cc4ccccc4)C(=O)[C@@H]3[C@@H]2C[C@H]2C(=O)N(Cc3ccccc3)C(=O)[C@@H]12. The van der Waals surface area contributed by atoms with Gasteiger partial charge in [-0.05, 0) is 42.0 Å². The first-order chi connectivity index (χ1) is 20.9. The molecule has 0 bridgehead atoms. The van der Waals surface area contributed by atoms with E-state index in [0.29, 0.717) is 17.7 Å². The molecule has 8 nitrogen and oxygen atoms in total. The Morgan fingerprint density at radius 1 is 0.698 bits per heavy atom. The Morgan fingerprint density at radius 2 is 1.28 bits per heavy atom. The van der Waals surface area contributed by atoms with E-state index in [1.807, 2.05) is 66.7 Å². The van der Waals surface area contributed by atoms with E-state index in [4.69, 9.17) is 4.74 Å². The number of likely N-dealkylation sites (tertiary alicyclic amines) is 2. The Kier molecular flexibility index (Phi) is 6.64. The molecule has 2 aliphatic heterocycles. The number of imide groups is 2. The maximum absolute atomic E-state index is 14.1. The Labute approximate surface area is 249 Å². The molecule has 3 aromatic rings. The molecule has 2 heterocycles. The number of phenolic OH excluding ortho intramolecular Hbond substituents is 1. The van der Waals surface area contributed by atoms with Crippen molar-refractivity contribution in [3.63, 3.8) is 0 Å². The van der Waals surface area contributed by atoms with Gasteiger partial charge in [0, 0.05) is 11.5 Å². The fourth-order valence-electron chi connectivity index (χ4n) is 7.91. The van der Waals surface area contributed by atoms with Crippen molar-refractivity contribution in [2.24, 2.45) is 29.6 Å². The lowest BCUT2D eigenvalue weighted by atomic mass is 9.57. The molecule has 1 N–H and O–H groups in total.